The Morgan fingerprint density at radius 2 is 1.45 bits per heavy atom. The molecule has 0 saturated carbocycles. The summed E-state index contributed by atoms with van der Waals surface area (Å²) < 4.78 is 33.7. The molecular weight excluding hydrogens is 416 g/mol. The number of benzene rings is 3. The molecule has 0 bridgehead atoms. The Bertz CT molecular complexity index is 1100. The Labute approximate surface area is 173 Å². The van der Waals surface area contributed by atoms with Crippen molar-refractivity contribution in [3.63, 3.8) is 0 Å². The van der Waals surface area contributed by atoms with Gasteiger partial charge in [0.2, 0.25) is 10.0 Å². The Balaban J connectivity index is 1.98. The molecule has 0 aliphatic rings. The molecule has 0 fully saturated rings. The number of methoxy groups -OCH3 is 1. The summed E-state index contributed by atoms with van der Waals surface area (Å²) in [5.74, 6) is 0.641. The van der Waals surface area contributed by atoms with E-state index in [4.69, 9.17) is 16.3 Å². The van der Waals surface area contributed by atoms with Crippen LogP contribution in [0, 0.1) is 10.1 Å². The smallest absolute Gasteiger partial charge is 0.269 e. The average molecular weight is 433 g/mol. The van der Waals surface area contributed by atoms with Gasteiger partial charge in [0.05, 0.1) is 23.0 Å². The fourth-order valence-electron chi connectivity index (χ4n) is 2.75. The van der Waals surface area contributed by atoms with E-state index in [9.17, 15) is 18.5 Å². The molecule has 0 aromatic heterocycles. The lowest BCUT2D eigenvalue weighted by Crippen LogP contribution is -2.29. The molecule has 9 heteroatoms. The van der Waals surface area contributed by atoms with Crippen LogP contribution in [-0.2, 0) is 10.0 Å². The van der Waals surface area contributed by atoms with Gasteiger partial charge in [-0.25, -0.2) is 8.42 Å². The number of nitro groups is 1. The van der Waals surface area contributed by atoms with Gasteiger partial charge >= 0.3 is 0 Å². The zero-order chi connectivity index (χ0) is 21.0. The molecule has 3 aromatic carbocycles. The van der Waals surface area contributed by atoms with E-state index in [1.807, 2.05) is 0 Å². The zero-order valence-electron chi connectivity index (χ0n) is 15.3. The van der Waals surface area contributed by atoms with E-state index in [-0.39, 0.29) is 10.6 Å². The highest BCUT2D eigenvalue weighted by Gasteiger charge is 2.23. The summed E-state index contributed by atoms with van der Waals surface area (Å²) in [5.41, 5.74) is 1.19. The standard InChI is InChI=1S/C20H17ClN2O5S/c1-28-18-10-4-15(5-11-18)20(14-2-6-16(21)7-3-14)22-29(26,27)19-12-8-17(9-13-19)23(24)25/h2-13,20,22H,1H3/t20-/m1/s1. The van der Waals surface area contributed by atoms with Crippen LogP contribution in [0.1, 0.15) is 17.2 Å². The van der Waals surface area contributed by atoms with Crippen molar-refractivity contribution in [3.05, 3.63) is 99.1 Å². The lowest BCUT2D eigenvalue weighted by Gasteiger charge is -2.20. The van der Waals surface area contributed by atoms with Gasteiger partial charge in [-0.1, -0.05) is 35.9 Å². The Hall–Kier alpha value is -2.94. The van der Waals surface area contributed by atoms with Gasteiger partial charge in [0.1, 0.15) is 5.75 Å². The van der Waals surface area contributed by atoms with Crippen molar-refractivity contribution < 1.29 is 18.1 Å². The molecule has 0 heterocycles. The van der Waals surface area contributed by atoms with Gasteiger partial charge in [-0.3, -0.25) is 10.1 Å². The van der Waals surface area contributed by atoms with Gasteiger partial charge in [0.25, 0.3) is 5.69 Å². The minimum Gasteiger partial charge on any atom is -0.497 e. The third-order valence-corrected chi connectivity index (χ3v) is 5.97. The largest absolute Gasteiger partial charge is 0.497 e. The van der Waals surface area contributed by atoms with Gasteiger partial charge < -0.3 is 4.74 Å². The van der Waals surface area contributed by atoms with E-state index in [1.165, 1.54) is 12.1 Å². The van der Waals surface area contributed by atoms with Crippen molar-refractivity contribution >= 4 is 27.3 Å². The van der Waals surface area contributed by atoms with Crippen LogP contribution in [0.2, 0.25) is 5.02 Å². The fourth-order valence-corrected chi connectivity index (χ4v) is 4.09. The van der Waals surface area contributed by atoms with E-state index in [0.717, 1.165) is 12.1 Å². The van der Waals surface area contributed by atoms with Crippen LogP contribution in [-0.4, -0.2) is 20.5 Å². The molecule has 0 aliphatic heterocycles. The highest BCUT2D eigenvalue weighted by Crippen LogP contribution is 2.28. The number of hydrogen-bond acceptors (Lipinski definition) is 5. The van der Waals surface area contributed by atoms with E-state index in [2.05, 4.69) is 4.72 Å². The molecule has 0 spiro atoms. The Morgan fingerprint density at radius 3 is 1.93 bits per heavy atom. The second-order valence-electron chi connectivity index (χ2n) is 6.13. The number of non-ortho nitro benzene ring substituents is 1. The van der Waals surface area contributed by atoms with Crippen molar-refractivity contribution in [3.8, 4) is 5.75 Å². The quantitative estimate of drug-likeness (QED) is 0.442. The second kappa shape index (κ2) is 8.60. The molecular formula is C20H17ClN2O5S. The molecule has 0 radical (unpaired) electrons. The molecule has 3 aromatic rings. The molecule has 29 heavy (non-hydrogen) atoms. The van der Waals surface area contributed by atoms with Gasteiger partial charge in [0, 0.05) is 17.2 Å². The van der Waals surface area contributed by atoms with Crippen molar-refractivity contribution in [1.29, 1.82) is 0 Å². The highest BCUT2D eigenvalue weighted by molar-refractivity contribution is 7.89. The van der Waals surface area contributed by atoms with Crippen LogP contribution in [0.25, 0.3) is 0 Å². The molecule has 3 rings (SSSR count). The number of nitrogens with zero attached hydrogens (tertiary/aromatic N) is 1. The molecule has 150 valence electrons. The average Bonchev–Trinajstić information content (AvgIpc) is 2.73. The maximum Gasteiger partial charge on any atom is 0.269 e. The molecule has 7 nitrogen and oxygen atoms in total. The molecule has 0 saturated heterocycles. The first-order valence-electron chi connectivity index (χ1n) is 8.46. The second-order valence-corrected chi connectivity index (χ2v) is 8.28. The van der Waals surface area contributed by atoms with Crippen molar-refractivity contribution in [1.82, 2.24) is 4.72 Å². The predicted octanol–water partition coefficient (Wildman–Crippen LogP) is 4.32. The summed E-state index contributed by atoms with van der Waals surface area (Å²) in [7, 11) is -2.42. The Morgan fingerprint density at radius 1 is 0.931 bits per heavy atom. The first-order valence-corrected chi connectivity index (χ1v) is 10.3. The number of hydrogen-bond donors (Lipinski definition) is 1. The molecule has 0 unspecified atom stereocenters. The topological polar surface area (TPSA) is 98.5 Å². The first-order chi connectivity index (χ1) is 13.8. The van der Waals surface area contributed by atoms with E-state index < -0.39 is 21.0 Å². The number of rotatable bonds is 7. The van der Waals surface area contributed by atoms with Crippen LogP contribution < -0.4 is 9.46 Å². The number of ether oxygens (including phenoxy) is 1. The van der Waals surface area contributed by atoms with E-state index in [0.29, 0.717) is 21.9 Å². The number of sulfonamides is 1. The van der Waals surface area contributed by atoms with Gasteiger partial charge in [-0.05, 0) is 47.5 Å². The molecule has 0 amide bonds. The summed E-state index contributed by atoms with van der Waals surface area (Å²) in [6.45, 7) is 0. The molecule has 1 atom stereocenters. The third-order valence-electron chi connectivity index (χ3n) is 4.28. The maximum absolute atomic E-state index is 12.9. The van der Waals surface area contributed by atoms with Crippen molar-refractivity contribution in [2.24, 2.45) is 0 Å². The summed E-state index contributed by atoms with van der Waals surface area (Å²) in [6.07, 6.45) is 0. The Kier molecular flexibility index (Phi) is 6.17. The van der Waals surface area contributed by atoms with Crippen molar-refractivity contribution in [2.75, 3.05) is 7.11 Å². The summed E-state index contributed by atoms with van der Waals surface area (Å²) in [4.78, 5) is 10.1. The van der Waals surface area contributed by atoms with Gasteiger partial charge in [-0.2, -0.15) is 4.72 Å². The van der Waals surface area contributed by atoms with Crippen LogP contribution >= 0.6 is 11.6 Å². The monoisotopic (exact) mass is 432 g/mol. The lowest BCUT2D eigenvalue weighted by molar-refractivity contribution is -0.384. The number of nitro benzene ring substituents is 1. The summed E-state index contributed by atoms with van der Waals surface area (Å²) >= 11 is 5.96. The lowest BCUT2D eigenvalue weighted by atomic mass is 10.00. The van der Waals surface area contributed by atoms with Gasteiger partial charge in [0.15, 0.2) is 0 Å². The van der Waals surface area contributed by atoms with Crippen LogP contribution in [0.4, 0.5) is 5.69 Å². The molecule has 0 aliphatic carbocycles. The summed E-state index contributed by atoms with van der Waals surface area (Å²) in [6, 6.07) is 17.8. The SMILES string of the molecule is COc1ccc([C@H](NS(=O)(=O)c2ccc([N+](=O)[O-])cc2)c2ccc(Cl)cc2)cc1. The van der Waals surface area contributed by atoms with E-state index in [1.54, 1.807) is 55.6 Å². The minimum absolute atomic E-state index is 0.0735. The number of halogens is 1. The third kappa shape index (κ3) is 4.92. The summed E-state index contributed by atoms with van der Waals surface area (Å²) in [5, 5.41) is 11.3. The van der Waals surface area contributed by atoms with Crippen LogP contribution in [0.3, 0.4) is 0 Å². The predicted molar refractivity (Wildman–Crippen MR) is 110 cm³/mol. The van der Waals surface area contributed by atoms with Crippen LogP contribution in [0.5, 0.6) is 5.75 Å². The fraction of sp³-hybridized carbons (Fsp3) is 0.100. The van der Waals surface area contributed by atoms with Crippen molar-refractivity contribution in [2.45, 2.75) is 10.9 Å². The highest BCUT2D eigenvalue weighted by atomic mass is 35.5. The normalized spacial score (nSPS) is 12.3. The zero-order valence-corrected chi connectivity index (χ0v) is 16.9. The number of nitrogens with one attached hydrogen (secondary N) is 1. The minimum atomic E-state index is -3.96. The first kappa shape index (κ1) is 20.8. The maximum atomic E-state index is 12.9. The molecule has 1 N–H and O–H groups in total. The van der Waals surface area contributed by atoms with Gasteiger partial charge in [-0.15, -0.1) is 0 Å². The van der Waals surface area contributed by atoms with E-state index >= 15 is 0 Å². The van der Waals surface area contributed by atoms with Crippen LogP contribution in [0.15, 0.2) is 77.7 Å².